The van der Waals surface area contributed by atoms with E-state index >= 15 is 0 Å². The van der Waals surface area contributed by atoms with Crippen LogP contribution in [0.1, 0.15) is 12.8 Å². The second-order valence-electron chi connectivity index (χ2n) is 7.10. The lowest BCUT2D eigenvalue weighted by molar-refractivity contribution is -0.140. The third kappa shape index (κ3) is 6.53. The number of amides is 2. The van der Waals surface area contributed by atoms with Gasteiger partial charge in [-0.25, -0.2) is 0 Å². The Kier molecular flexibility index (Phi) is 7.98. The molecule has 1 N–H and O–H groups in total. The maximum atomic E-state index is 12.4. The zero-order chi connectivity index (χ0) is 22.1. The number of hydrogen-bond acceptors (Lipinski definition) is 6. The molecule has 3 rings (SSSR count). The van der Waals surface area contributed by atoms with Crippen molar-refractivity contribution in [1.29, 1.82) is 0 Å². The van der Waals surface area contributed by atoms with Gasteiger partial charge in [0.05, 0.1) is 33.2 Å². The summed E-state index contributed by atoms with van der Waals surface area (Å²) in [4.78, 5) is 28.3. The first-order valence-corrected chi connectivity index (χ1v) is 10.3. The Morgan fingerprint density at radius 1 is 0.806 bits per heavy atom. The maximum absolute atomic E-state index is 12.4. The summed E-state index contributed by atoms with van der Waals surface area (Å²) in [7, 11) is 1.60. The number of aromatic hydroxyl groups is 1. The van der Waals surface area contributed by atoms with Gasteiger partial charge in [-0.05, 0) is 36.4 Å². The van der Waals surface area contributed by atoms with Crippen molar-refractivity contribution in [3.05, 3.63) is 48.5 Å². The summed E-state index contributed by atoms with van der Waals surface area (Å²) in [5.41, 5.74) is 0. The average molecular weight is 428 g/mol. The molecular formula is C23H28N2O6. The van der Waals surface area contributed by atoms with Crippen LogP contribution in [0.3, 0.4) is 0 Å². The molecule has 0 spiro atoms. The van der Waals surface area contributed by atoms with E-state index in [1.165, 1.54) is 6.07 Å². The third-order valence-corrected chi connectivity index (χ3v) is 5.07. The number of carbonyl (C=O) groups excluding carboxylic acids is 2. The molecule has 2 aromatic rings. The van der Waals surface area contributed by atoms with Crippen LogP contribution in [0.5, 0.6) is 23.0 Å². The fourth-order valence-corrected chi connectivity index (χ4v) is 3.28. The first-order valence-electron chi connectivity index (χ1n) is 10.3. The van der Waals surface area contributed by atoms with Gasteiger partial charge >= 0.3 is 0 Å². The van der Waals surface area contributed by atoms with Crippen molar-refractivity contribution in [3.63, 3.8) is 0 Å². The number of para-hydroxylation sites is 2. The van der Waals surface area contributed by atoms with Crippen LogP contribution in [0.2, 0.25) is 0 Å². The monoisotopic (exact) mass is 428 g/mol. The van der Waals surface area contributed by atoms with Gasteiger partial charge in [0, 0.05) is 26.2 Å². The third-order valence-electron chi connectivity index (χ3n) is 5.07. The molecule has 0 saturated carbocycles. The van der Waals surface area contributed by atoms with E-state index in [4.69, 9.17) is 14.2 Å². The zero-order valence-corrected chi connectivity index (χ0v) is 17.7. The number of piperazine rings is 1. The molecule has 8 heteroatoms. The van der Waals surface area contributed by atoms with Crippen molar-refractivity contribution in [2.24, 2.45) is 0 Å². The minimum absolute atomic E-state index is 0.0171. The number of methoxy groups -OCH3 is 1. The van der Waals surface area contributed by atoms with Gasteiger partial charge in [0.25, 0.3) is 0 Å². The van der Waals surface area contributed by atoms with Crippen molar-refractivity contribution in [2.45, 2.75) is 12.8 Å². The molecule has 31 heavy (non-hydrogen) atoms. The van der Waals surface area contributed by atoms with Crippen molar-refractivity contribution in [2.75, 3.05) is 46.5 Å². The highest BCUT2D eigenvalue weighted by molar-refractivity contribution is 5.78. The van der Waals surface area contributed by atoms with E-state index in [9.17, 15) is 14.7 Å². The summed E-state index contributed by atoms with van der Waals surface area (Å²) < 4.78 is 16.2. The van der Waals surface area contributed by atoms with Crippen molar-refractivity contribution in [3.8, 4) is 23.0 Å². The fraction of sp³-hybridized carbons (Fsp3) is 0.391. The number of hydrogen-bond donors (Lipinski definition) is 1. The van der Waals surface area contributed by atoms with Crippen LogP contribution < -0.4 is 14.2 Å². The summed E-state index contributed by atoms with van der Waals surface area (Å²) >= 11 is 0. The van der Waals surface area contributed by atoms with Gasteiger partial charge < -0.3 is 29.1 Å². The Hall–Kier alpha value is -3.42. The quantitative estimate of drug-likeness (QED) is 0.659. The largest absolute Gasteiger partial charge is 0.504 e. The standard InChI is InChI=1S/C23H28N2O6/c1-29-18-6-8-19(9-7-18)30-16-10-22(27)24-12-14-25(15-13-24)23(28)11-17-31-21-5-3-2-4-20(21)26/h2-9,26H,10-17H2,1H3. The summed E-state index contributed by atoms with van der Waals surface area (Å²) in [5.74, 6) is 1.85. The molecule has 2 amide bonds. The van der Waals surface area contributed by atoms with Crippen molar-refractivity contribution in [1.82, 2.24) is 9.80 Å². The van der Waals surface area contributed by atoms with Gasteiger partial charge in [0.2, 0.25) is 11.8 Å². The zero-order valence-electron chi connectivity index (χ0n) is 17.7. The van der Waals surface area contributed by atoms with E-state index in [0.29, 0.717) is 44.3 Å². The number of phenolic OH excluding ortho intramolecular Hbond substituents is 1. The lowest BCUT2D eigenvalue weighted by atomic mass is 10.2. The molecule has 0 radical (unpaired) electrons. The fourth-order valence-electron chi connectivity index (χ4n) is 3.28. The van der Waals surface area contributed by atoms with E-state index in [2.05, 4.69) is 0 Å². The predicted octanol–water partition coefficient (Wildman–Crippen LogP) is 2.31. The number of carbonyl (C=O) groups is 2. The minimum Gasteiger partial charge on any atom is -0.504 e. The average Bonchev–Trinajstić information content (AvgIpc) is 2.80. The molecule has 0 bridgehead atoms. The molecule has 2 aromatic carbocycles. The van der Waals surface area contributed by atoms with Gasteiger partial charge in [-0.1, -0.05) is 12.1 Å². The van der Waals surface area contributed by atoms with Gasteiger partial charge in [-0.15, -0.1) is 0 Å². The molecule has 1 heterocycles. The van der Waals surface area contributed by atoms with Crippen LogP contribution in [0.4, 0.5) is 0 Å². The summed E-state index contributed by atoms with van der Waals surface area (Å²) in [5, 5.41) is 9.68. The summed E-state index contributed by atoms with van der Waals surface area (Å²) in [6, 6.07) is 13.9. The second kappa shape index (κ2) is 11.1. The first kappa shape index (κ1) is 22.3. The molecule has 0 aliphatic carbocycles. The predicted molar refractivity (Wildman–Crippen MR) is 114 cm³/mol. The van der Waals surface area contributed by atoms with E-state index in [1.54, 1.807) is 59.4 Å². The molecule has 1 fully saturated rings. The molecule has 8 nitrogen and oxygen atoms in total. The Morgan fingerprint density at radius 2 is 1.32 bits per heavy atom. The first-order chi connectivity index (χ1) is 15.1. The SMILES string of the molecule is COc1ccc(OCCC(=O)N2CCN(C(=O)CCOc3ccccc3O)CC2)cc1. The number of ether oxygens (including phenoxy) is 3. The Balaban J connectivity index is 1.33. The highest BCUT2D eigenvalue weighted by Gasteiger charge is 2.23. The van der Waals surface area contributed by atoms with Crippen LogP contribution >= 0.6 is 0 Å². The van der Waals surface area contributed by atoms with E-state index in [-0.39, 0.29) is 37.0 Å². The van der Waals surface area contributed by atoms with E-state index in [1.807, 2.05) is 0 Å². The summed E-state index contributed by atoms with van der Waals surface area (Å²) in [6.07, 6.45) is 0.506. The van der Waals surface area contributed by atoms with Gasteiger partial charge in [0.1, 0.15) is 11.5 Å². The van der Waals surface area contributed by atoms with Gasteiger partial charge in [-0.2, -0.15) is 0 Å². The molecule has 0 atom stereocenters. The number of benzene rings is 2. The van der Waals surface area contributed by atoms with Crippen molar-refractivity contribution < 1.29 is 28.9 Å². The Bertz CT molecular complexity index is 863. The number of phenols is 1. The molecule has 1 aliphatic rings. The van der Waals surface area contributed by atoms with E-state index < -0.39 is 0 Å². The lowest BCUT2D eigenvalue weighted by Crippen LogP contribution is -2.51. The molecular weight excluding hydrogens is 400 g/mol. The molecule has 0 aromatic heterocycles. The van der Waals surface area contributed by atoms with Crippen molar-refractivity contribution >= 4 is 11.8 Å². The van der Waals surface area contributed by atoms with Crippen LogP contribution in [0, 0.1) is 0 Å². The Morgan fingerprint density at radius 3 is 1.87 bits per heavy atom. The highest BCUT2D eigenvalue weighted by atomic mass is 16.5. The highest BCUT2D eigenvalue weighted by Crippen LogP contribution is 2.24. The number of rotatable bonds is 9. The van der Waals surface area contributed by atoms with Gasteiger partial charge in [-0.3, -0.25) is 9.59 Å². The smallest absolute Gasteiger partial charge is 0.226 e. The summed E-state index contributed by atoms with van der Waals surface area (Å²) in [6.45, 7) is 2.51. The van der Waals surface area contributed by atoms with Crippen LogP contribution in [-0.2, 0) is 9.59 Å². The molecule has 0 unspecified atom stereocenters. The topological polar surface area (TPSA) is 88.5 Å². The number of nitrogens with zero attached hydrogens (tertiary/aromatic N) is 2. The normalized spacial score (nSPS) is 13.6. The molecule has 166 valence electrons. The Labute approximate surface area is 181 Å². The molecule has 1 aliphatic heterocycles. The van der Waals surface area contributed by atoms with Crippen LogP contribution in [0.25, 0.3) is 0 Å². The van der Waals surface area contributed by atoms with Crippen LogP contribution in [-0.4, -0.2) is 73.2 Å². The lowest BCUT2D eigenvalue weighted by Gasteiger charge is -2.35. The molecule has 1 saturated heterocycles. The van der Waals surface area contributed by atoms with E-state index in [0.717, 1.165) is 5.75 Å². The minimum atomic E-state index is -0.0228. The van der Waals surface area contributed by atoms with Crippen LogP contribution in [0.15, 0.2) is 48.5 Å². The maximum Gasteiger partial charge on any atom is 0.226 e. The second-order valence-corrected chi connectivity index (χ2v) is 7.10. The van der Waals surface area contributed by atoms with Gasteiger partial charge in [0.15, 0.2) is 11.5 Å².